The number of methoxy groups -OCH3 is 1. The Morgan fingerprint density at radius 3 is 2.03 bits per heavy atom. The normalized spacial score (nSPS) is 11.3. The number of benzene rings is 3. The molecule has 34 heavy (non-hydrogen) atoms. The van der Waals surface area contributed by atoms with Gasteiger partial charge in [-0.15, -0.1) is 0 Å². The summed E-state index contributed by atoms with van der Waals surface area (Å²) in [4.78, 5) is 12.6. The number of carbonyl (C=O) groups is 1. The maximum Gasteiger partial charge on any atom is 0.185 e. The molecule has 8 heteroatoms. The Labute approximate surface area is 224 Å². The summed E-state index contributed by atoms with van der Waals surface area (Å²) in [5.74, 6) is 1.02. The lowest BCUT2D eigenvalue weighted by atomic mass is 10.00. The van der Waals surface area contributed by atoms with Gasteiger partial charge in [-0.05, 0) is 35.3 Å². The van der Waals surface area contributed by atoms with E-state index in [1.54, 1.807) is 19.3 Å². The van der Waals surface area contributed by atoms with Gasteiger partial charge in [0.1, 0.15) is 22.4 Å². The Hall–Kier alpha value is -1.88. The third-order valence-electron chi connectivity index (χ3n) is 5.14. The molecule has 0 radical (unpaired) electrons. The summed E-state index contributed by atoms with van der Waals surface area (Å²) in [6.07, 6.45) is 3.26. The van der Waals surface area contributed by atoms with E-state index in [1.165, 1.54) is 11.6 Å². The lowest BCUT2D eigenvalue weighted by Crippen LogP contribution is -2.01. The van der Waals surface area contributed by atoms with Crippen LogP contribution in [-0.4, -0.2) is 12.9 Å². The van der Waals surface area contributed by atoms with Crippen molar-refractivity contribution in [2.24, 2.45) is 0 Å². The van der Waals surface area contributed by atoms with Crippen LogP contribution in [-0.2, 0) is 6.61 Å². The molecule has 0 heterocycles. The second-order valence-corrected chi connectivity index (χ2v) is 9.62. The van der Waals surface area contributed by atoms with Crippen LogP contribution in [0.15, 0.2) is 48.5 Å². The van der Waals surface area contributed by atoms with Crippen LogP contribution in [0.5, 0.6) is 11.5 Å². The lowest BCUT2D eigenvalue weighted by Gasteiger charge is -2.15. The largest absolute Gasteiger partial charge is 0.496 e. The Balaban J connectivity index is 1.81. The van der Waals surface area contributed by atoms with Gasteiger partial charge >= 0.3 is 0 Å². The third kappa shape index (κ3) is 6.02. The van der Waals surface area contributed by atoms with Crippen molar-refractivity contribution in [3.63, 3.8) is 0 Å². The molecule has 178 valence electrons. The van der Waals surface area contributed by atoms with Crippen LogP contribution >= 0.6 is 58.0 Å². The standard InChI is InChI=1S/C26H21Cl5O3/c1-14(2)16-6-8-17(9-7-16)19(32)10-4-15-5-11-20(33-3)18(12-15)13-34-26-24(30)22(28)21(27)23(29)25(26)31/h4-12,14H,13H2,1-3H3/b10-4+. The number of halogens is 5. The van der Waals surface area contributed by atoms with Crippen molar-refractivity contribution < 1.29 is 14.3 Å². The Kier molecular flexibility index (Phi) is 9.20. The van der Waals surface area contributed by atoms with E-state index in [-0.39, 0.29) is 43.3 Å². The van der Waals surface area contributed by atoms with Crippen LogP contribution in [0, 0.1) is 0 Å². The first-order valence-electron chi connectivity index (χ1n) is 10.3. The molecular formula is C26H21Cl5O3. The summed E-state index contributed by atoms with van der Waals surface area (Å²) in [5.41, 5.74) is 3.30. The second-order valence-electron chi connectivity index (χ2n) is 7.73. The molecule has 0 aliphatic heterocycles. The van der Waals surface area contributed by atoms with Gasteiger partial charge in [-0.3, -0.25) is 4.79 Å². The molecule has 3 aromatic rings. The summed E-state index contributed by atoms with van der Waals surface area (Å²) in [6.45, 7) is 4.28. The Morgan fingerprint density at radius 1 is 0.882 bits per heavy atom. The summed E-state index contributed by atoms with van der Waals surface area (Å²) < 4.78 is 11.3. The van der Waals surface area contributed by atoms with E-state index in [9.17, 15) is 4.79 Å². The fourth-order valence-electron chi connectivity index (χ4n) is 3.18. The average Bonchev–Trinajstić information content (AvgIpc) is 2.84. The van der Waals surface area contributed by atoms with Crippen LogP contribution in [0.25, 0.3) is 6.08 Å². The highest BCUT2D eigenvalue weighted by atomic mass is 35.5. The average molecular weight is 559 g/mol. The van der Waals surface area contributed by atoms with Crippen LogP contribution < -0.4 is 9.47 Å². The summed E-state index contributed by atoms with van der Waals surface area (Å²) >= 11 is 30.8. The summed E-state index contributed by atoms with van der Waals surface area (Å²) in [7, 11) is 1.55. The van der Waals surface area contributed by atoms with Gasteiger partial charge < -0.3 is 9.47 Å². The third-order valence-corrected chi connectivity index (χ3v) is 7.38. The molecule has 3 aromatic carbocycles. The first-order chi connectivity index (χ1) is 16.1. The molecule has 3 nitrogen and oxygen atoms in total. The van der Waals surface area contributed by atoms with E-state index in [4.69, 9.17) is 67.5 Å². The highest BCUT2D eigenvalue weighted by Gasteiger charge is 2.21. The Morgan fingerprint density at radius 2 is 1.47 bits per heavy atom. The second kappa shape index (κ2) is 11.7. The number of rotatable bonds is 8. The van der Waals surface area contributed by atoms with Gasteiger partial charge in [0.2, 0.25) is 0 Å². The fourth-order valence-corrected chi connectivity index (χ4v) is 4.41. The monoisotopic (exact) mass is 556 g/mol. The van der Waals surface area contributed by atoms with Gasteiger partial charge in [0.25, 0.3) is 0 Å². The fraction of sp³-hybridized carbons (Fsp3) is 0.192. The van der Waals surface area contributed by atoms with E-state index < -0.39 is 0 Å². The van der Waals surface area contributed by atoms with Crippen molar-refractivity contribution in [1.29, 1.82) is 0 Å². The van der Waals surface area contributed by atoms with Crippen molar-refractivity contribution in [1.82, 2.24) is 0 Å². The van der Waals surface area contributed by atoms with Gasteiger partial charge in [-0.2, -0.15) is 0 Å². The number of carbonyl (C=O) groups excluding carboxylic acids is 1. The van der Waals surface area contributed by atoms with E-state index in [2.05, 4.69) is 13.8 Å². The number of hydrogen-bond acceptors (Lipinski definition) is 3. The van der Waals surface area contributed by atoms with E-state index in [1.807, 2.05) is 36.4 Å². The summed E-state index contributed by atoms with van der Waals surface area (Å²) in [6, 6.07) is 13.1. The van der Waals surface area contributed by atoms with Crippen molar-refractivity contribution >= 4 is 69.9 Å². The molecule has 0 aliphatic rings. The predicted octanol–water partition coefficient (Wildman–Crippen LogP) is 9.56. The zero-order valence-corrected chi connectivity index (χ0v) is 22.4. The predicted molar refractivity (Wildman–Crippen MR) is 143 cm³/mol. The van der Waals surface area contributed by atoms with Gasteiger partial charge in [-0.25, -0.2) is 0 Å². The highest BCUT2D eigenvalue weighted by molar-refractivity contribution is 6.55. The maximum atomic E-state index is 12.6. The quantitative estimate of drug-likeness (QED) is 0.120. The minimum Gasteiger partial charge on any atom is -0.496 e. The number of ketones is 1. The molecule has 3 rings (SSSR count). The molecule has 0 amide bonds. The molecular weight excluding hydrogens is 538 g/mol. The first kappa shape index (κ1) is 26.7. The molecule has 0 fully saturated rings. The number of ether oxygens (including phenoxy) is 2. The lowest BCUT2D eigenvalue weighted by molar-refractivity contribution is 0.104. The molecule has 0 aliphatic carbocycles. The van der Waals surface area contributed by atoms with Crippen molar-refractivity contribution in [2.45, 2.75) is 26.4 Å². The maximum absolute atomic E-state index is 12.6. The summed E-state index contributed by atoms with van der Waals surface area (Å²) in [5, 5.41) is 0.280. The van der Waals surface area contributed by atoms with Crippen LogP contribution in [0.4, 0.5) is 0 Å². The van der Waals surface area contributed by atoms with E-state index >= 15 is 0 Å². The number of hydrogen-bond donors (Lipinski definition) is 0. The van der Waals surface area contributed by atoms with Gasteiger partial charge in [0.05, 0.1) is 22.2 Å². The number of allylic oxidation sites excluding steroid dienone is 1. The smallest absolute Gasteiger partial charge is 0.185 e. The Bertz CT molecular complexity index is 1210. The highest BCUT2D eigenvalue weighted by Crippen LogP contribution is 2.48. The van der Waals surface area contributed by atoms with Crippen molar-refractivity contribution in [2.75, 3.05) is 7.11 Å². The topological polar surface area (TPSA) is 35.5 Å². The van der Waals surface area contributed by atoms with Crippen LogP contribution in [0.2, 0.25) is 25.1 Å². The molecule has 0 N–H and O–H groups in total. The minimum atomic E-state index is -0.0899. The van der Waals surface area contributed by atoms with Gasteiger partial charge in [0, 0.05) is 11.1 Å². The van der Waals surface area contributed by atoms with Crippen LogP contribution in [0.1, 0.15) is 46.8 Å². The van der Waals surface area contributed by atoms with Crippen LogP contribution in [0.3, 0.4) is 0 Å². The SMILES string of the molecule is COc1ccc(/C=C/C(=O)c2ccc(C(C)C)cc2)cc1COc1c(Cl)c(Cl)c(Cl)c(Cl)c1Cl. The van der Waals surface area contributed by atoms with E-state index in [0.717, 1.165) is 5.56 Å². The molecule has 0 bridgehead atoms. The van der Waals surface area contributed by atoms with Gasteiger partial charge in [-0.1, -0.05) is 108 Å². The molecule has 0 saturated carbocycles. The molecule has 0 unspecified atom stereocenters. The molecule has 0 spiro atoms. The molecule has 0 aromatic heterocycles. The van der Waals surface area contributed by atoms with E-state index in [0.29, 0.717) is 22.8 Å². The zero-order valence-electron chi connectivity index (χ0n) is 18.6. The zero-order chi connectivity index (χ0) is 25.0. The van der Waals surface area contributed by atoms with Crippen molar-refractivity contribution in [3.8, 4) is 11.5 Å². The van der Waals surface area contributed by atoms with Crippen molar-refractivity contribution in [3.05, 3.63) is 95.9 Å². The first-order valence-corrected chi connectivity index (χ1v) is 12.2. The minimum absolute atomic E-state index is 0.0521. The molecule has 0 atom stereocenters. The van der Waals surface area contributed by atoms with Gasteiger partial charge in [0.15, 0.2) is 11.5 Å². The molecule has 0 saturated heterocycles.